The van der Waals surface area contributed by atoms with Crippen molar-refractivity contribution >= 4 is 5.91 Å². The van der Waals surface area contributed by atoms with Crippen LogP contribution in [0.3, 0.4) is 0 Å². The molecule has 0 aromatic heterocycles. The van der Waals surface area contributed by atoms with Gasteiger partial charge in [-0.15, -0.1) is 6.42 Å². The molecule has 2 unspecified atom stereocenters. The van der Waals surface area contributed by atoms with Crippen molar-refractivity contribution in [3.63, 3.8) is 0 Å². The second-order valence-electron chi connectivity index (χ2n) is 4.19. The first-order valence-electron chi connectivity index (χ1n) is 5.82. The monoisotopic (exact) mass is 223 g/mol. The lowest BCUT2D eigenvalue weighted by molar-refractivity contribution is -0.125. The van der Waals surface area contributed by atoms with E-state index in [0.29, 0.717) is 12.6 Å². The number of terminal acetylenes is 1. The minimum atomic E-state index is -0.0887. The fourth-order valence-electron chi connectivity index (χ4n) is 2.26. The molecule has 4 nitrogen and oxygen atoms in total. The third-order valence-corrected chi connectivity index (χ3v) is 3.10. The molecule has 2 N–H and O–H groups in total. The molecule has 0 saturated carbocycles. The Labute approximate surface area is 97.8 Å². The van der Waals surface area contributed by atoms with Gasteiger partial charge in [-0.3, -0.25) is 9.69 Å². The summed E-state index contributed by atoms with van der Waals surface area (Å²) in [5.41, 5.74) is 0. The van der Waals surface area contributed by atoms with Crippen molar-refractivity contribution in [3.8, 4) is 12.3 Å². The van der Waals surface area contributed by atoms with E-state index >= 15 is 0 Å². The van der Waals surface area contributed by atoms with Gasteiger partial charge >= 0.3 is 0 Å². The molecule has 4 heteroatoms. The maximum Gasteiger partial charge on any atom is 0.237 e. The minimum absolute atomic E-state index is 0.0287. The number of likely N-dealkylation sites (tertiary alicyclic amines) is 1. The molecule has 16 heavy (non-hydrogen) atoms. The molecule has 1 aliphatic heterocycles. The van der Waals surface area contributed by atoms with Gasteiger partial charge in [0.25, 0.3) is 0 Å². The molecule has 90 valence electrons. The number of nitrogens with one attached hydrogen (secondary N) is 2. The van der Waals surface area contributed by atoms with Gasteiger partial charge in [-0.2, -0.15) is 0 Å². The molecule has 0 bridgehead atoms. The second kappa shape index (κ2) is 6.51. The summed E-state index contributed by atoms with van der Waals surface area (Å²) in [4.78, 5) is 14.0. The fraction of sp³-hybridized carbons (Fsp3) is 0.750. The molecule has 1 heterocycles. The molecule has 0 aromatic rings. The van der Waals surface area contributed by atoms with Gasteiger partial charge in [0.1, 0.15) is 0 Å². The van der Waals surface area contributed by atoms with Crippen molar-refractivity contribution in [1.29, 1.82) is 0 Å². The number of hydrogen-bond acceptors (Lipinski definition) is 3. The zero-order valence-electron chi connectivity index (χ0n) is 10.1. The number of amides is 1. The highest BCUT2D eigenvalue weighted by molar-refractivity contribution is 5.81. The third-order valence-electron chi connectivity index (χ3n) is 3.10. The highest BCUT2D eigenvalue weighted by atomic mass is 16.2. The number of nitrogens with zero attached hydrogens (tertiary/aromatic N) is 1. The Morgan fingerprint density at radius 2 is 2.44 bits per heavy atom. The average molecular weight is 223 g/mol. The molecule has 0 aliphatic carbocycles. The number of carbonyl (C=O) groups is 1. The second-order valence-corrected chi connectivity index (χ2v) is 4.19. The predicted octanol–water partition coefficient (Wildman–Crippen LogP) is -0.192. The zero-order valence-corrected chi connectivity index (χ0v) is 10.1. The van der Waals surface area contributed by atoms with Gasteiger partial charge in [0.15, 0.2) is 0 Å². The molecule has 2 atom stereocenters. The van der Waals surface area contributed by atoms with Crippen LogP contribution in [0.1, 0.15) is 19.8 Å². The first-order chi connectivity index (χ1) is 7.70. The van der Waals surface area contributed by atoms with Crippen molar-refractivity contribution in [1.82, 2.24) is 15.5 Å². The Hall–Kier alpha value is -1.05. The maximum absolute atomic E-state index is 11.8. The normalized spacial score (nSPS) is 22.7. The Kier molecular flexibility index (Phi) is 5.30. The SMILES string of the molecule is C#CCNC(=O)C(C)N1CCCC1CNC. The van der Waals surface area contributed by atoms with Gasteiger partial charge in [0, 0.05) is 12.6 Å². The minimum Gasteiger partial charge on any atom is -0.344 e. The highest BCUT2D eigenvalue weighted by Gasteiger charge is 2.31. The van der Waals surface area contributed by atoms with Crippen LogP contribution in [0.4, 0.5) is 0 Å². The number of carbonyl (C=O) groups excluding carboxylic acids is 1. The van der Waals surface area contributed by atoms with Crippen LogP contribution in [-0.4, -0.2) is 49.6 Å². The quantitative estimate of drug-likeness (QED) is 0.635. The summed E-state index contributed by atoms with van der Waals surface area (Å²) in [5, 5.41) is 5.91. The van der Waals surface area contributed by atoms with E-state index in [9.17, 15) is 4.79 Å². The molecule has 1 rings (SSSR count). The van der Waals surface area contributed by atoms with E-state index in [0.717, 1.165) is 19.5 Å². The highest BCUT2D eigenvalue weighted by Crippen LogP contribution is 2.19. The van der Waals surface area contributed by atoms with E-state index < -0.39 is 0 Å². The lowest BCUT2D eigenvalue weighted by atomic mass is 10.2. The van der Waals surface area contributed by atoms with Crippen LogP contribution < -0.4 is 10.6 Å². The van der Waals surface area contributed by atoms with Crippen LogP contribution >= 0.6 is 0 Å². The van der Waals surface area contributed by atoms with Crippen LogP contribution in [0.25, 0.3) is 0 Å². The molecular weight excluding hydrogens is 202 g/mol. The fourth-order valence-corrected chi connectivity index (χ4v) is 2.26. The summed E-state index contributed by atoms with van der Waals surface area (Å²) in [6.45, 7) is 4.19. The molecular formula is C12H21N3O. The summed E-state index contributed by atoms with van der Waals surface area (Å²) in [7, 11) is 1.94. The molecule has 0 spiro atoms. The van der Waals surface area contributed by atoms with Gasteiger partial charge in [-0.05, 0) is 33.4 Å². The Morgan fingerprint density at radius 1 is 1.69 bits per heavy atom. The van der Waals surface area contributed by atoms with Crippen molar-refractivity contribution in [2.45, 2.75) is 31.8 Å². The predicted molar refractivity (Wildman–Crippen MR) is 65.0 cm³/mol. The Balaban J connectivity index is 2.48. The lowest BCUT2D eigenvalue weighted by Gasteiger charge is -2.29. The Bertz CT molecular complexity index is 272. The summed E-state index contributed by atoms with van der Waals surface area (Å²) in [6, 6.07) is 0.380. The smallest absolute Gasteiger partial charge is 0.237 e. The zero-order chi connectivity index (χ0) is 12.0. The van der Waals surface area contributed by atoms with Gasteiger partial charge < -0.3 is 10.6 Å². The number of hydrogen-bond donors (Lipinski definition) is 2. The van der Waals surface area contributed by atoms with Crippen LogP contribution in [0, 0.1) is 12.3 Å². The average Bonchev–Trinajstić information content (AvgIpc) is 2.73. The standard InChI is InChI=1S/C12H21N3O/c1-4-7-14-12(16)10(2)15-8-5-6-11(15)9-13-3/h1,10-11,13H,5-9H2,2-3H3,(H,14,16). The van der Waals surface area contributed by atoms with Gasteiger partial charge in [0.05, 0.1) is 12.6 Å². The summed E-state index contributed by atoms with van der Waals surface area (Å²) >= 11 is 0. The van der Waals surface area contributed by atoms with Crippen LogP contribution in [0.5, 0.6) is 0 Å². The maximum atomic E-state index is 11.8. The van der Waals surface area contributed by atoms with Gasteiger partial charge in [-0.25, -0.2) is 0 Å². The first-order valence-corrected chi connectivity index (χ1v) is 5.82. The van der Waals surface area contributed by atoms with Gasteiger partial charge in [-0.1, -0.05) is 5.92 Å². The summed E-state index contributed by atoms with van der Waals surface area (Å²) in [6.07, 6.45) is 7.44. The van der Waals surface area contributed by atoms with Gasteiger partial charge in [0.2, 0.25) is 5.91 Å². The summed E-state index contributed by atoms with van der Waals surface area (Å²) in [5.74, 6) is 2.45. The van der Waals surface area contributed by atoms with E-state index in [4.69, 9.17) is 6.42 Å². The van der Waals surface area contributed by atoms with E-state index in [1.165, 1.54) is 6.42 Å². The molecule has 0 radical (unpaired) electrons. The van der Waals surface area contributed by atoms with Crippen LogP contribution in [0.15, 0.2) is 0 Å². The van der Waals surface area contributed by atoms with Crippen molar-refractivity contribution in [2.24, 2.45) is 0 Å². The lowest BCUT2D eigenvalue weighted by Crippen LogP contribution is -2.49. The van der Waals surface area contributed by atoms with Crippen molar-refractivity contribution in [2.75, 3.05) is 26.7 Å². The summed E-state index contributed by atoms with van der Waals surface area (Å²) < 4.78 is 0. The van der Waals surface area contributed by atoms with Crippen molar-refractivity contribution in [3.05, 3.63) is 0 Å². The number of likely N-dealkylation sites (N-methyl/N-ethyl adjacent to an activating group) is 1. The molecule has 1 saturated heterocycles. The molecule has 1 amide bonds. The van der Waals surface area contributed by atoms with Crippen LogP contribution in [-0.2, 0) is 4.79 Å². The first kappa shape index (κ1) is 13.0. The van der Waals surface area contributed by atoms with E-state index in [1.807, 2.05) is 14.0 Å². The third kappa shape index (κ3) is 3.22. The molecule has 1 aliphatic rings. The van der Waals surface area contributed by atoms with E-state index in [1.54, 1.807) is 0 Å². The van der Waals surface area contributed by atoms with Crippen molar-refractivity contribution < 1.29 is 4.79 Å². The molecule has 0 aromatic carbocycles. The number of rotatable bonds is 5. The van der Waals surface area contributed by atoms with E-state index in [2.05, 4.69) is 21.5 Å². The molecule has 1 fully saturated rings. The Morgan fingerprint density at radius 3 is 3.06 bits per heavy atom. The van der Waals surface area contributed by atoms with E-state index in [-0.39, 0.29) is 11.9 Å². The van der Waals surface area contributed by atoms with Crippen LogP contribution in [0.2, 0.25) is 0 Å². The largest absolute Gasteiger partial charge is 0.344 e. The topological polar surface area (TPSA) is 44.4 Å².